The molecule has 2 aromatic rings. The summed E-state index contributed by atoms with van der Waals surface area (Å²) in [4.78, 5) is 3.13. The van der Waals surface area contributed by atoms with Crippen molar-refractivity contribution in [1.82, 2.24) is 10.3 Å². The second-order valence-electron chi connectivity index (χ2n) is 4.26. The van der Waals surface area contributed by atoms with E-state index in [-0.39, 0.29) is 6.42 Å². The fraction of sp³-hybridized carbons (Fsp3) is 0.385. The third-order valence-electron chi connectivity index (χ3n) is 2.80. The predicted octanol–water partition coefficient (Wildman–Crippen LogP) is 3.60. The highest BCUT2D eigenvalue weighted by Gasteiger charge is 2.25. The number of rotatable bonds is 5. The fourth-order valence-electron chi connectivity index (χ4n) is 1.91. The molecule has 18 heavy (non-hydrogen) atoms. The molecule has 1 aromatic heterocycles. The highest BCUT2D eigenvalue weighted by atomic mass is 19.4. The van der Waals surface area contributed by atoms with E-state index < -0.39 is 12.6 Å². The van der Waals surface area contributed by atoms with Crippen LogP contribution in [0.3, 0.4) is 0 Å². The van der Waals surface area contributed by atoms with Crippen molar-refractivity contribution in [2.24, 2.45) is 0 Å². The number of fused-ring (bicyclic) bond motifs is 1. The Morgan fingerprint density at radius 1 is 1.17 bits per heavy atom. The summed E-state index contributed by atoms with van der Waals surface area (Å²) in [7, 11) is 0. The van der Waals surface area contributed by atoms with Crippen LogP contribution in [0, 0.1) is 0 Å². The first-order valence-corrected chi connectivity index (χ1v) is 5.89. The van der Waals surface area contributed by atoms with E-state index in [1.807, 2.05) is 30.5 Å². The van der Waals surface area contributed by atoms with Crippen LogP contribution in [-0.2, 0) is 6.54 Å². The first-order chi connectivity index (χ1) is 8.56. The molecule has 0 radical (unpaired) electrons. The summed E-state index contributed by atoms with van der Waals surface area (Å²) in [6.45, 7) is 0.959. The summed E-state index contributed by atoms with van der Waals surface area (Å²) >= 11 is 0. The minimum atomic E-state index is -4.05. The predicted molar refractivity (Wildman–Crippen MR) is 65.3 cm³/mol. The third-order valence-corrected chi connectivity index (χ3v) is 2.80. The molecule has 1 aromatic carbocycles. The lowest BCUT2D eigenvalue weighted by molar-refractivity contribution is -0.135. The number of nitrogens with one attached hydrogen (secondary N) is 2. The van der Waals surface area contributed by atoms with Crippen molar-refractivity contribution >= 4 is 10.9 Å². The molecule has 0 unspecified atom stereocenters. The lowest BCUT2D eigenvalue weighted by atomic mass is 10.2. The van der Waals surface area contributed by atoms with Gasteiger partial charge >= 0.3 is 6.18 Å². The smallest absolute Gasteiger partial charge is 0.361 e. The summed E-state index contributed by atoms with van der Waals surface area (Å²) in [6, 6.07) is 7.86. The van der Waals surface area contributed by atoms with Crippen LogP contribution in [0.4, 0.5) is 13.2 Å². The Bertz CT molecular complexity index is 502. The van der Waals surface area contributed by atoms with Crippen molar-refractivity contribution in [2.75, 3.05) is 6.54 Å². The van der Waals surface area contributed by atoms with E-state index in [1.54, 1.807) is 0 Å². The van der Waals surface area contributed by atoms with Crippen LogP contribution in [0.5, 0.6) is 0 Å². The highest BCUT2D eigenvalue weighted by Crippen LogP contribution is 2.21. The van der Waals surface area contributed by atoms with Gasteiger partial charge in [-0.05, 0) is 24.6 Å². The number of hydrogen-bond acceptors (Lipinski definition) is 1. The van der Waals surface area contributed by atoms with Gasteiger partial charge in [0.1, 0.15) is 0 Å². The van der Waals surface area contributed by atoms with Crippen LogP contribution in [0.15, 0.2) is 30.5 Å². The summed E-state index contributed by atoms with van der Waals surface area (Å²) in [5, 5.41) is 4.14. The van der Waals surface area contributed by atoms with Crippen molar-refractivity contribution < 1.29 is 13.2 Å². The number of aromatic amines is 1. The number of para-hydroxylation sites is 1. The van der Waals surface area contributed by atoms with Gasteiger partial charge in [0, 0.05) is 30.1 Å². The molecule has 0 bridgehead atoms. The van der Waals surface area contributed by atoms with Gasteiger partial charge in [-0.2, -0.15) is 13.2 Å². The van der Waals surface area contributed by atoms with Crippen LogP contribution in [0.1, 0.15) is 18.4 Å². The van der Waals surface area contributed by atoms with Crippen molar-refractivity contribution in [3.8, 4) is 0 Å². The van der Waals surface area contributed by atoms with Gasteiger partial charge in [0.05, 0.1) is 0 Å². The SMILES string of the molecule is FC(F)(F)CCCNCc1c[nH]c2ccccc12. The van der Waals surface area contributed by atoms with Crippen LogP contribution in [0.2, 0.25) is 0 Å². The van der Waals surface area contributed by atoms with Gasteiger partial charge < -0.3 is 10.3 Å². The van der Waals surface area contributed by atoms with E-state index >= 15 is 0 Å². The molecule has 0 aliphatic carbocycles. The fourth-order valence-corrected chi connectivity index (χ4v) is 1.91. The molecule has 0 atom stereocenters. The zero-order valence-corrected chi connectivity index (χ0v) is 9.85. The highest BCUT2D eigenvalue weighted by molar-refractivity contribution is 5.82. The topological polar surface area (TPSA) is 27.8 Å². The average molecular weight is 256 g/mol. The molecule has 98 valence electrons. The van der Waals surface area contributed by atoms with Gasteiger partial charge in [0.2, 0.25) is 0 Å². The Hall–Kier alpha value is -1.49. The van der Waals surface area contributed by atoms with Gasteiger partial charge in [-0.25, -0.2) is 0 Å². The molecule has 0 saturated heterocycles. The van der Waals surface area contributed by atoms with Crippen molar-refractivity contribution in [3.05, 3.63) is 36.0 Å². The Morgan fingerprint density at radius 3 is 2.72 bits per heavy atom. The molecule has 0 saturated carbocycles. The second kappa shape index (κ2) is 5.44. The van der Waals surface area contributed by atoms with Crippen molar-refractivity contribution in [2.45, 2.75) is 25.6 Å². The van der Waals surface area contributed by atoms with Crippen LogP contribution in [-0.4, -0.2) is 17.7 Å². The van der Waals surface area contributed by atoms with E-state index in [0.717, 1.165) is 16.5 Å². The van der Waals surface area contributed by atoms with Gasteiger partial charge in [-0.3, -0.25) is 0 Å². The lowest BCUT2D eigenvalue weighted by Gasteiger charge is -2.06. The van der Waals surface area contributed by atoms with E-state index in [9.17, 15) is 13.2 Å². The molecule has 0 aliphatic rings. The maximum absolute atomic E-state index is 11.9. The Balaban J connectivity index is 1.80. The van der Waals surface area contributed by atoms with Crippen molar-refractivity contribution in [3.63, 3.8) is 0 Å². The molecule has 0 spiro atoms. The number of H-pyrrole nitrogens is 1. The third kappa shape index (κ3) is 3.50. The Kier molecular flexibility index (Phi) is 3.91. The molecule has 2 N–H and O–H groups in total. The summed E-state index contributed by atoms with van der Waals surface area (Å²) < 4.78 is 35.8. The summed E-state index contributed by atoms with van der Waals surface area (Å²) in [5.74, 6) is 0. The monoisotopic (exact) mass is 256 g/mol. The van der Waals surface area contributed by atoms with E-state index in [4.69, 9.17) is 0 Å². The second-order valence-corrected chi connectivity index (χ2v) is 4.26. The average Bonchev–Trinajstić information content (AvgIpc) is 2.71. The summed E-state index contributed by atoms with van der Waals surface area (Å²) in [6.07, 6.45) is -2.77. The normalized spacial score (nSPS) is 12.2. The molecule has 1 heterocycles. The number of hydrogen-bond donors (Lipinski definition) is 2. The summed E-state index contributed by atoms with van der Waals surface area (Å²) in [5.41, 5.74) is 2.13. The van der Waals surface area contributed by atoms with Gasteiger partial charge in [-0.1, -0.05) is 18.2 Å². The largest absolute Gasteiger partial charge is 0.389 e. The molecule has 2 rings (SSSR count). The van der Waals surface area contributed by atoms with E-state index in [1.165, 1.54) is 0 Å². The number of halogens is 3. The molecular weight excluding hydrogens is 241 g/mol. The number of benzene rings is 1. The first kappa shape index (κ1) is 13.0. The molecule has 0 aliphatic heterocycles. The minimum Gasteiger partial charge on any atom is -0.361 e. The lowest BCUT2D eigenvalue weighted by Crippen LogP contribution is -2.17. The molecule has 0 amide bonds. The Labute approximate surface area is 103 Å². The minimum absolute atomic E-state index is 0.117. The molecular formula is C13H15F3N2. The maximum Gasteiger partial charge on any atom is 0.389 e. The van der Waals surface area contributed by atoms with Crippen LogP contribution >= 0.6 is 0 Å². The first-order valence-electron chi connectivity index (χ1n) is 5.89. The van der Waals surface area contributed by atoms with Gasteiger partial charge in [0.25, 0.3) is 0 Å². The van der Waals surface area contributed by atoms with Crippen LogP contribution < -0.4 is 5.32 Å². The van der Waals surface area contributed by atoms with Gasteiger partial charge in [0.15, 0.2) is 0 Å². The number of alkyl halides is 3. The molecule has 2 nitrogen and oxygen atoms in total. The van der Waals surface area contributed by atoms with Crippen molar-refractivity contribution in [1.29, 1.82) is 0 Å². The Morgan fingerprint density at radius 2 is 1.94 bits per heavy atom. The maximum atomic E-state index is 11.9. The number of aromatic nitrogens is 1. The van der Waals surface area contributed by atoms with E-state index in [2.05, 4.69) is 10.3 Å². The van der Waals surface area contributed by atoms with Crippen LogP contribution in [0.25, 0.3) is 10.9 Å². The zero-order chi connectivity index (χ0) is 13.0. The zero-order valence-electron chi connectivity index (χ0n) is 9.85. The quantitative estimate of drug-likeness (QED) is 0.786. The standard InChI is InChI=1S/C13H15F3N2/c14-13(15,16)6-3-7-17-8-10-9-18-12-5-2-1-4-11(10)12/h1-2,4-5,9,17-18H,3,6-8H2. The molecule has 5 heteroatoms. The van der Waals surface area contributed by atoms with E-state index in [0.29, 0.717) is 13.1 Å². The van der Waals surface area contributed by atoms with Gasteiger partial charge in [-0.15, -0.1) is 0 Å². The molecule has 0 fully saturated rings.